The van der Waals surface area contributed by atoms with Gasteiger partial charge >= 0.3 is 0 Å². The summed E-state index contributed by atoms with van der Waals surface area (Å²) < 4.78 is 5.59. The second-order valence-electron chi connectivity index (χ2n) is 3.44. The van der Waals surface area contributed by atoms with Crippen molar-refractivity contribution in [1.82, 2.24) is 0 Å². The maximum atomic E-state index is 5.81. The molecule has 0 aromatic heterocycles. The van der Waals surface area contributed by atoms with Crippen LogP contribution in [0.5, 0.6) is 5.75 Å². The number of hydrogen-bond acceptors (Lipinski definition) is 2. The molecule has 0 aliphatic carbocycles. The van der Waals surface area contributed by atoms with Crippen LogP contribution in [0.2, 0.25) is 5.02 Å². The van der Waals surface area contributed by atoms with Crippen molar-refractivity contribution in [2.24, 2.45) is 0 Å². The van der Waals surface area contributed by atoms with Gasteiger partial charge in [0.05, 0.1) is 0 Å². The summed E-state index contributed by atoms with van der Waals surface area (Å²) in [5, 5.41) is 0.701. The first kappa shape index (κ1) is 10.8. The summed E-state index contributed by atoms with van der Waals surface area (Å²) in [7, 11) is 0. The Bertz CT molecular complexity index is 468. The van der Waals surface area contributed by atoms with Gasteiger partial charge in [-0.25, -0.2) is 0 Å². The summed E-state index contributed by atoms with van der Waals surface area (Å²) in [6.45, 7) is 0.467. The van der Waals surface area contributed by atoms with E-state index in [1.54, 1.807) is 12.1 Å². The summed E-state index contributed by atoms with van der Waals surface area (Å²) in [6, 6.07) is 14.9. The predicted octanol–water partition coefficient (Wildman–Crippen LogP) is 3.50. The fraction of sp³-hybridized carbons (Fsp3) is 0.0769. The van der Waals surface area contributed by atoms with Gasteiger partial charge in [-0.05, 0) is 30.3 Å². The molecule has 0 saturated carbocycles. The summed E-state index contributed by atoms with van der Waals surface area (Å²) in [6.07, 6.45) is 0. The van der Waals surface area contributed by atoms with E-state index in [-0.39, 0.29) is 0 Å². The molecule has 0 aliphatic rings. The Morgan fingerprint density at radius 2 is 1.69 bits per heavy atom. The lowest BCUT2D eigenvalue weighted by Crippen LogP contribution is -1.99. The van der Waals surface area contributed by atoms with Crippen LogP contribution >= 0.6 is 11.6 Å². The molecule has 0 saturated heterocycles. The first-order valence-electron chi connectivity index (χ1n) is 4.97. The van der Waals surface area contributed by atoms with E-state index < -0.39 is 0 Å². The highest BCUT2D eigenvalue weighted by atomic mass is 35.5. The Morgan fingerprint density at radius 1 is 1.00 bits per heavy atom. The van der Waals surface area contributed by atoms with Gasteiger partial charge in [0.25, 0.3) is 0 Å². The van der Waals surface area contributed by atoms with Crippen LogP contribution in [0.25, 0.3) is 0 Å². The molecule has 82 valence electrons. The lowest BCUT2D eigenvalue weighted by atomic mass is 10.2. The lowest BCUT2D eigenvalue weighted by Gasteiger charge is -2.08. The number of nitrogens with two attached hydrogens (primary N) is 1. The number of benzene rings is 2. The molecule has 0 spiro atoms. The van der Waals surface area contributed by atoms with Gasteiger partial charge in [0, 0.05) is 16.3 Å². The molecular formula is C13H12ClNO. The van der Waals surface area contributed by atoms with Crippen LogP contribution in [0.1, 0.15) is 5.56 Å². The van der Waals surface area contributed by atoms with E-state index in [0.29, 0.717) is 11.6 Å². The van der Waals surface area contributed by atoms with Gasteiger partial charge in [0.2, 0.25) is 0 Å². The van der Waals surface area contributed by atoms with Crippen LogP contribution in [0, 0.1) is 0 Å². The Morgan fingerprint density at radius 3 is 2.38 bits per heavy atom. The Hall–Kier alpha value is -1.67. The number of hydrogen-bond donors (Lipinski definition) is 1. The third-order valence-corrected chi connectivity index (χ3v) is 2.52. The van der Waals surface area contributed by atoms with E-state index in [1.165, 1.54) is 0 Å². The van der Waals surface area contributed by atoms with Gasteiger partial charge in [-0.15, -0.1) is 0 Å². The van der Waals surface area contributed by atoms with Crippen molar-refractivity contribution in [3.8, 4) is 5.75 Å². The highest BCUT2D eigenvalue weighted by Gasteiger charge is 1.99. The van der Waals surface area contributed by atoms with Crippen molar-refractivity contribution in [3.05, 3.63) is 59.1 Å². The molecule has 2 nitrogen and oxygen atoms in total. The molecule has 2 aromatic rings. The van der Waals surface area contributed by atoms with E-state index in [4.69, 9.17) is 22.1 Å². The molecule has 16 heavy (non-hydrogen) atoms. The first-order chi connectivity index (χ1) is 7.75. The number of nitrogen functional groups attached to an aromatic ring is 1. The van der Waals surface area contributed by atoms with Gasteiger partial charge in [0.1, 0.15) is 12.4 Å². The molecule has 0 aliphatic heterocycles. The van der Waals surface area contributed by atoms with E-state index in [2.05, 4.69) is 0 Å². The van der Waals surface area contributed by atoms with Crippen LogP contribution < -0.4 is 10.5 Å². The number of rotatable bonds is 3. The second-order valence-corrected chi connectivity index (χ2v) is 3.88. The maximum Gasteiger partial charge on any atom is 0.119 e. The highest BCUT2D eigenvalue weighted by Crippen LogP contribution is 2.18. The van der Waals surface area contributed by atoms with Crippen molar-refractivity contribution in [2.45, 2.75) is 6.61 Å². The molecule has 0 fully saturated rings. The maximum absolute atomic E-state index is 5.81. The van der Waals surface area contributed by atoms with Gasteiger partial charge in [-0.1, -0.05) is 29.8 Å². The molecule has 0 amide bonds. The van der Waals surface area contributed by atoms with Crippen LogP contribution in [-0.4, -0.2) is 0 Å². The normalized spacial score (nSPS) is 10.1. The zero-order valence-corrected chi connectivity index (χ0v) is 9.45. The number of para-hydroxylation sites is 1. The molecule has 2 rings (SSSR count). The van der Waals surface area contributed by atoms with Crippen molar-refractivity contribution in [1.29, 1.82) is 0 Å². The van der Waals surface area contributed by atoms with Crippen LogP contribution in [0.3, 0.4) is 0 Å². The summed E-state index contributed by atoms with van der Waals surface area (Å²) >= 11 is 5.78. The molecule has 3 heteroatoms. The summed E-state index contributed by atoms with van der Waals surface area (Å²) in [5.41, 5.74) is 7.54. The molecule has 0 bridgehead atoms. The molecule has 2 aromatic carbocycles. The van der Waals surface area contributed by atoms with Crippen molar-refractivity contribution < 1.29 is 4.74 Å². The van der Waals surface area contributed by atoms with Crippen molar-refractivity contribution in [2.75, 3.05) is 5.73 Å². The quantitative estimate of drug-likeness (QED) is 0.824. The Labute approximate surface area is 99.6 Å². The third kappa shape index (κ3) is 2.67. The van der Waals surface area contributed by atoms with Gasteiger partial charge in [-0.3, -0.25) is 0 Å². The van der Waals surface area contributed by atoms with Gasteiger partial charge < -0.3 is 10.5 Å². The van der Waals surface area contributed by atoms with E-state index in [1.807, 2.05) is 36.4 Å². The zero-order chi connectivity index (χ0) is 11.4. The SMILES string of the molecule is Nc1ccccc1COc1ccc(Cl)cc1. The topological polar surface area (TPSA) is 35.2 Å². The van der Waals surface area contributed by atoms with Crippen molar-refractivity contribution in [3.63, 3.8) is 0 Å². The Balaban J connectivity index is 2.02. The van der Waals surface area contributed by atoms with Crippen LogP contribution in [-0.2, 0) is 6.61 Å². The first-order valence-corrected chi connectivity index (χ1v) is 5.35. The van der Waals surface area contributed by atoms with Crippen LogP contribution in [0.4, 0.5) is 5.69 Å². The monoisotopic (exact) mass is 233 g/mol. The Kier molecular flexibility index (Phi) is 3.32. The van der Waals surface area contributed by atoms with Gasteiger partial charge in [-0.2, -0.15) is 0 Å². The minimum absolute atomic E-state index is 0.467. The molecule has 0 radical (unpaired) electrons. The fourth-order valence-electron chi connectivity index (χ4n) is 1.36. The lowest BCUT2D eigenvalue weighted by molar-refractivity contribution is 0.307. The number of halogens is 1. The van der Waals surface area contributed by atoms with E-state index >= 15 is 0 Å². The second kappa shape index (κ2) is 4.90. The molecule has 0 atom stereocenters. The van der Waals surface area contributed by atoms with Crippen LogP contribution in [0.15, 0.2) is 48.5 Å². The predicted molar refractivity (Wildman–Crippen MR) is 66.6 cm³/mol. The van der Waals surface area contributed by atoms with Crippen molar-refractivity contribution >= 4 is 17.3 Å². The summed E-state index contributed by atoms with van der Waals surface area (Å²) in [5.74, 6) is 0.785. The minimum atomic E-state index is 0.467. The molecular weight excluding hydrogens is 222 g/mol. The fourth-order valence-corrected chi connectivity index (χ4v) is 1.48. The largest absolute Gasteiger partial charge is 0.489 e. The smallest absolute Gasteiger partial charge is 0.119 e. The standard InChI is InChI=1S/C13H12ClNO/c14-11-5-7-12(8-6-11)16-9-10-3-1-2-4-13(10)15/h1-8H,9,15H2. The third-order valence-electron chi connectivity index (χ3n) is 2.26. The van der Waals surface area contributed by atoms with E-state index in [0.717, 1.165) is 17.0 Å². The zero-order valence-electron chi connectivity index (χ0n) is 8.69. The minimum Gasteiger partial charge on any atom is -0.489 e. The number of anilines is 1. The average molecular weight is 234 g/mol. The molecule has 2 N–H and O–H groups in total. The molecule has 0 unspecified atom stereocenters. The molecule has 0 heterocycles. The highest BCUT2D eigenvalue weighted by molar-refractivity contribution is 6.30. The average Bonchev–Trinajstić information content (AvgIpc) is 2.30. The summed E-state index contributed by atoms with van der Waals surface area (Å²) in [4.78, 5) is 0. The van der Waals surface area contributed by atoms with Gasteiger partial charge in [0.15, 0.2) is 0 Å². The van der Waals surface area contributed by atoms with E-state index in [9.17, 15) is 0 Å². The number of ether oxygens (including phenoxy) is 1.